The fraction of sp³-hybridized carbons (Fsp3) is 0.611. The lowest BCUT2D eigenvalue weighted by atomic mass is 9.79. The van der Waals surface area contributed by atoms with E-state index in [9.17, 15) is 17.9 Å². The molecule has 30 heavy (non-hydrogen) atoms. The average Bonchev–Trinajstić information content (AvgIpc) is 2.73. The molecular formula is C18H27FN6O4S. The van der Waals surface area contributed by atoms with Crippen molar-refractivity contribution in [3.63, 3.8) is 0 Å². The van der Waals surface area contributed by atoms with Gasteiger partial charge < -0.3 is 21.1 Å². The second kappa shape index (κ2) is 10.1. The number of guanidine groups is 1. The topological polar surface area (TPSA) is 147 Å². The Kier molecular flexibility index (Phi) is 7.56. The Hall–Kier alpha value is -2.31. The summed E-state index contributed by atoms with van der Waals surface area (Å²) in [7, 11) is 0. The molecule has 1 amide bonds. The SMILES string of the molecule is NC(N)=NC(=O)OCc1ccnc(N2CCC(C3CCN(S(=O)O)CC3)CC2)c1F. The molecule has 2 aliphatic heterocycles. The zero-order valence-electron chi connectivity index (χ0n) is 16.6. The standard InChI is InChI=1S/C18H27FN6O4S/c19-15-14(11-29-18(26)23-17(20)21)1-6-22-16(15)24-7-2-12(3-8-24)13-4-9-25(10-5-13)30(27)28/h1,6,12-13H,2-5,7-11H2,(H,27,28)(H4,20,21,23,26). The van der Waals surface area contributed by atoms with Crippen molar-refractivity contribution in [3.05, 3.63) is 23.6 Å². The predicted molar refractivity (Wildman–Crippen MR) is 110 cm³/mol. The van der Waals surface area contributed by atoms with Crippen LogP contribution in [0.4, 0.5) is 15.0 Å². The summed E-state index contributed by atoms with van der Waals surface area (Å²) in [5, 5.41) is 0. The van der Waals surface area contributed by atoms with Crippen LogP contribution in [0.2, 0.25) is 0 Å². The molecule has 10 nitrogen and oxygen atoms in total. The highest BCUT2D eigenvalue weighted by molar-refractivity contribution is 7.76. The Bertz CT molecular complexity index is 806. The highest BCUT2D eigenvalue weighted by Gasteiger charge is 2.31. The maximum atomic E-state index is 14.9. The van der Waals surface area contributed by atoms with Crippen LogP contribution in [0.15, 0.2) is 17.3 Å². The number of carbonyl (C=O) groups is 1. The van der Waals surface area contributed by atoms with E-state index >= 15 is 0 Å². The number of ether oxygens (including phenoxy) is 1. The van der Waals surface area contributed by atoms with Gasteiger partial charge in [-0.05, 0) is 43.6 Å². The van der Waals surface area contributed by atoms with E-state index in [4.69, 9.17) is 16.2 Å². The molecule has 1 unspecified atom stereocenters. The van der Waals surface area contributed by atoms with Gasteiger partial charge in [-0.3, -0.25) is 4.55 Å². The Morgan fingerprint density at radius 2 is 1.83 bits per heavy atom. The lowest BCUT2D eigenvalue weighted by molar-refractivity contribution is 0.149. The minimum Gasteiger partial charge on any atom is -0.443 e. The molecule has 12 heteroatoms. The average molecular weight is 443 g/mol. The summed E-state index contributed by atoms with van der Waals surface area (Å²) >= 11 is -1.89. The van der Waals surface area contributed by atoms with Crippen molar-refractivity contribution in [2.45, 2.75) is 32.3 Å². The maximum Gasteiger partial charge on any atom is 0.437 e. The normalized spacial score (nSPS) is 20.0. The van der Waals surface area contributed by atoms with Crippen LogP contribution in [-0.4, -0.2) is 56.3 Å². The number of hydrogen-bond acceptors (Lipinski definition) is 5. The largest absolute Gasteiger partial charge is 0.443 e. The van der Waals surface area contributed by atoms with E-state index in [-0.39, 0.29) is 18.0 Å². The van der Waals surface area contributed by atoms with Crippen molar-refractivity contribution in [3.8, 4) is 0 Å². The molecule has 2 aliphatic rings. The molecule has 0 spiro atoms. The summed E-state index contributed by atoms with van der Waals surface area (Å²) in [4.78, 5) is 20.7. The Balaban J connectivity index is 1.55. The van der Waals surface area contributed by atoms with Gasteiger partial charge in [-0.15, -0.1) is 4.99 Å². The van der Waals surface area contributed by atoms with Crippen molar-refractivity contribution < 1.29 is 22.7 Å². The van der Waals surface area contributed by atoms with Crippen LogP contribution in [-0.2, 0) is 22.6 Å². The summed E-state index contributed by atoms with van der Waals surface area (Å²) in [6.07, 6.45) is 4.14. The molecule has 1 aromatic heterocycles. The van der Waals surface area contributed by atoms with Crippen molar-refractivity contribution in [1.82, 2.24) is 9.29 Å². The number of pyridine rings is 1. The Morgan fingerprint density at radius 3 is 2.40 bits per heavy atom. The van der Waals surface area contributed by atoms with Crippen LogP contribution in [0.3, 0.4) is 0 Å². The highest BCUT2D eigenvalue weighted by Crippen LogP contribution is 2.34. The number of nitrogens with zero attached hydrogens (tertiary/aromatic N) is 4. The molecule has 5 N–H and O–H groups in total. The highest BCUT2D eigenvalue weighted by atomic mass is 32.2. The molecule has 0 saturated carbocycles. The molecule has 3 heterocycles. The lowest BCUT2D eigenvalue weighted by Gasteiger charge is -2.39. The van der Waals surface area contributed by atoms with Crippen molar-refractivity contribution in [2.24, 2.45) is 28.3 Å². The van der Waals surface area contributed by atoms with Gasteiger partial charge in [0.05, 0.1) is 0 Å². The third kappa shape index (κ3) is 5.64. The van der Waals surface area contributed by atoms with Crippen molar-refractivity contribution in [2.75, 3.05) is 31.1 Å². The fourth-order valence-electron chi connectivity index (χ4n) is 4.17. The number of hydrogen-bond donors (Lipinski definition) is 3. The van der Waals surface area contributed by atoms with Crippen molar-refractivity contribution >= 4 is 29.1 Å². The van der Waals surface area contributed by atoms with Crippen LogP contribution in [0.1, 0.15) is 31.2 Å². The summed E-state index contributed by atoms with van der Waals surface area (Å²) < 4.78 is 41.7. The molecule has 0 bridgehead atoms. The van der Waals surface area contributed by atoms with Gasteiger partial charge >= 0.3 is 6.09 Å². The predicted octanol–water partition coefficient (Wildman–Crippen LogP) is 1.20. The lowest BCUT2D eigenvalue weighted by Crippen LogP contribution is -2.41. The first-order chi connectivity index (χ1) is 14.3. The number of piperidine rings is 2. The summed E-state index contributed by atoms with van der Waals surface area (Å²) in [6, 6.07) is 1.45. The van der Waals surface area contributed by atoms with E-state index in [2.05, 4.69) is 9.98 Å². The van der Waals surface area contributed by atoms with Gasteiger partial charge in [0.1, 0.15) is 6.61 Å². The van der Waals surface area contributed by atoms with E-state index in [0.29, 0.717) is 38.0 Å². The van der Waals surface area contributed by atoms with E-state index in [0.717, 1.165) is 25.7 Å². The first kappa shape index (κ1) is 22.4. The van der Waals surface area contributed by atoms with E-state index in [1.54, 1.807) is 4.31 Å². The monoisotopic (exact) mass is 442 g/mol. The zero-order valence-corrected chi connectivity index (χ0v) is 17.4. The van der Waals surface area contributed by atoms with E-state index in [1.165, 1.54) is 12.3 Å². The Morgan fingerprint density at radius 1 is 1.23 bits per heavy atom. The minimum absolute atomic E-state index is 0.200. The number of amides is 1. The molecule has 1 aromatic rings. The van der Waals surface area contributed by atoms with E-state index < -0.39 is 29.1 Å². The molecule has 0 aromatic carbocycles. The van der Waals surface area contributed by atoms with Crippen LogP contribution >= 0.6 is 0 Å². The minimum atomic E-state index is -1.89. The molecule has 0 aliphatic carbocycles. The maximum absolute atomic E-state index is 14.9. The number of aromatic nitrogens is 1. The smallest absolute Gasteiger partial charge is 0.437 e. The summed E-state index contributed by atoms with van der Waals surface area (Å²) in [5.41, 5.74) is 10.4. The Labute approximate surface area is 176 Å². The first-order valence-corrected chi connectivity index (χ1v) is 10.9. The van der Waals surface area contributed by atoms with Crippen LogP contribution in [0, 0.1) is 17.7 Å². The molecular weight excluding hydrogens is 415 g/mol. The van der Waals surface area contributed by atoms with Crippen molar-refractivity contribution in [1.29, 1.82) is 0 Å². The van der Waals surface area contributed by atoms with Crippen LogP contribution < -0.4 is 16.4 Å². The third-order valence-corrected chi connectivity index (χ3v) is 6.55. The van der Waals surface area contributed by atoms with Gasteiger partial charge in [0.15, 0.2) is 17.6 Å². The molecule has 0 radical (unpaired) electrons. The fourth-order valence-corrected chi connectivity index (χ4v) is 4.69. The quantitative estimate of drug-likeness (QED) is 0.350. The number of halogens is 1. The number of carbonyl (C=O) groups excluding carboxylic acids is 1. The molecule has 3 rings (SSSR count). The van der Waals surface area contributed by atoms with Gasteiger partial charge in [0.25, 0.3) is 0 Å². The number of aliphatic imine (C=N–C) groups is 1. The number of rotatable bonds is 5. The van der Waals surface area contributed by atoms with Gasteiger partial charge in [0.2, 0.25) is 11.3 Å². The second-order valence-corrected chi connectivity index (χ2v) is 8.50. The molecule has 2 fully saturated rings. The summed E-state index contributed by atoms with van der Waals surface area (Å²) in [5.74, 6) is 0.337. The van der Waals surface area contributed by atoms with Gasteiger partial charge in [0, 0.05) is 37.9 Å². The van der Waals surface area contributed by atoms with Crippen LogP contribution in [0.25, 0.3) is 0 Å². The zero-order chi connectivity index (χ0) is 21.7. The third-order valence-electron chi connectivity index (χ3n) is 5.75. The van der Waals surface area contributed by atoms with Gasteiger partial charge in [-0.25, -0.2) is 22.7 Å². The van der Waals surface area contributed by atoms with E-state index in [1.807, 2.05) is 4.90 Å². The molecule has 2 saturated heterocycles. The number of anilines is 1. The van der Waals surface area contributed by atoms with Gasteiger partial charge in [-0.2, -0.15) is 0 Å². The van der Waals surface area contributed by atoms with Crippen LogP contribution in [0.5, 0.6) is 0 Å². The number of nitrogens with two attached hydrogens (primary N) is 2. The second-order valence-electron chi connectivity index (χ2n) is 7.52. The summed E-state index contributed by atoms with van der Waals surface area (Å²) in [6.45, 7) is 2.32. The first-order valence-electron chi connectivity index (χ1n) is 9.85. The molecule has 1 atom stereocenters. The molecule has 166 valence electrons. The van der Waals surface area contributed by atoms with Gasteiger partial charge in [-0.1, -0.05) is 0 Å².